The van der Waals surface area contributed by atoms with Crippen LogP contribution >= 0.6 is 11.6 Å². The Morgan fingerprint density at radius 3 is 3.00 bits per heavy atom. The van der Waals surface area contributed by atoms with E-state index < -0.39 is 0 Å². The van der Waals surface area contributed by atoms with Gasteiger partial charge < -0.3 is 10.1 Å². The predicted octanol–water partition coefficient (Wildman–Crippen LogP) is 1.93. The van der Waals surface area contributed by atoms with Crippen molar-refractivity contribution in [3.63, 3.8) is 0 Å². The van der Waals surface area contributed by atoms with Crippen molar-refractivity contribution in [3.8, 4) is 0 Å². The van der Waals surface area contributed by atoms with Crippen LogP contribution in [0.15, 0.2) is 35.7 Å². The fourth-order valence-electron chi connectivity index (χ4n) is 1.73. The number of nitrogens with one attached hydrogen (secondary N) is 2. The van der Waals surface area contributed by atoms with Gasteiger partial charge in [0.25, 0.3) is 0 Å². The van der Waals surface area contributed by atoms with Crippen LogP contribution in [0.5, 0.6) is 0 Å². The molecule has 0 atom stereocenters. The number of esters is 1. The first-order valence-corrected chi connectivity index (χ1v) is 5.82. The molecule has 2 N–H and O–H groups in total. The zero-order valence-corrected chi connectivity index (χ0v) is 10.9. The third-order valence-corrected chi connectivity index (χ3v) is 2.83. The first-order chi connectivity index (χ1) is 8.61. The molecule has 1 heterocycles. The van der Waals surface area contributed by atoms with Crippen LogP contribution in [0.1, 0.15) is 6.92 Å². The van der Waals surface area contributed by atoms with Gasteiger partial charge in [-0.2, -0.15) is 0 Å². The Balaban J connectivity index is 2.17. The van der Waals surface area contributed by atoms with E-state index in [-0.39, 0.29) is 5.97 Å². The molecule has 0 saturated heterocycles. The van der Waals surface area contributed by atoms with E-state index in [0.717, 1.165) is 11.4 Å². The van der Waals surface area contributed by atoms with E-state index in [4.69, 9.17) is 16.3 Å². The van der Waals surface area contributed by atoms with Crippen molar-refractivity contribution < 1.29 is 9.53 Å². The van der Waals surface area contributed by atoms with Gasteiger partial charge in [0.15, 0.2) is 5.70 Å². The lowest BCUT2D eigenvalue weighted by Crippen LogP contribution is -2.32. The second-order valence-electron chi connectivity index (χ2n) is 3.85. The summed E-state index contributed by atoms with van der Waals surface area (Å²) in [7, 11) is 1.36. The van der Waals surface area contributed by atoms with Crippen LogP contribution in [0.4, 0.5) is 5.69 Å². The highest BCUT2D eigenvalue weighted by atomic mass is 35.5. The minimum atomic E-state index is -0.382. The molecule has 0 saturated carbocycles. The molecule has 1 aliphatic rings. The van der Waals surface area contributed by atoms with Gasteiger partial charge in [-0.1, -0.05) is 17.7 Å². The van der Waals surface area contributed by atoms with Crippen molar-refractivity contribution >= 4 is 23.3 Å². The van der Waals surface area contributed by atoms with Gasteiger partial charge >= 0.3 is 5.97 Å². The molecular formula is C12H14ClN3O2. The van der Waals surface area contributed by atoms with Crippen LogP contribution in [0.3, 0.4) is 0 Å². The van der Waals surface area contributed by atoms with Crippen molar-refractivity contribution in [2.45, 2.75) is 6.92 Å². The number of hydrogen-bond acceptors (Lipinski definition) is 5. The monoisotopic (exact) mass is 267 g/mol. The number of hydrogen-bond donors (Lipinski definition) is 2. The Bertz CT molecular complexity index is 502. The number of nitrogens with zero attached hydrogens (tertiary/aromatic N) is 1. The molecule has 0 spiro atoms. The summed E-state index contributed by atoms with van der Waals surface area (Å²) in [5.74, 6) is -0.382. The summed E-state index contributed by atoms with van der Waals surface area (Å²) in [5, 5.41) is 5.40. The number of halogens is 1. The smallest absolute Gasteiger partial charge is 0.358 e. The lowest BCUT2D eigenvalue weighted by Gasteiger charge is -2.21. The van der Waals surface area contributed by atoms with E-state index in [9.17, 15) is 4.79 Å². The van der Waals surface area contributed by atoms with Crippen molar-refractivity contribution in [2.75, 3.05) is 19.2 Å². The third kappa shape index (κ3) is 2.51. The van der Waals surface area contributed by atoms with Gasteiger partial charge in [0.2, 0.25) is 0 Å². The van der Waals surface area contributed by atoms with E-state index in [0.29, 0.717) is 17.4 Å². The first kappa shape index (κ1) is 12.6. The molecule has 0 fully saturated rings. The largest absolute Gasteiger partial charge is 0.464 e. The van der Waals surface area contributed by atoms with Crippen LogP contribution in [0.2, 0.25) is 5.02 Å². The van der Waals surface area contributed by atoms with Crippen molar-refractivity contribution in [1.82, 2.24) is 10.3 Å². The van der Waals surface area contributed by atoms with Crippen molar-refractivity contribution in [3.05, 3.63) is 40.7 Å². The van der Waals surface area contributed by atoms with E-state index >= 15 is 0 Å². The van der Waals surface area contributed by atoms with Crippen LogP contribution in [-0.2, 0) is 9.53 Å². The van der Waals surface area contributed by atoms with Gasteiger partial charge in [0.1, 0.15) is 6.67 Å². The van der Waals surface area contributed by atoms with E-state index in [1.165, 1.54) is 7.11 Å². The summed E-state index contributed by atoms with van der Waals surface area (Å²) in [5.41, 5.74) is 5.16. The van der Waals surface area contributed by atoms with Crippen LogP contribution < -0.4 is 10.7 Å². The molecule has 0 amide bonds. The van der Waals surface area contributed by atoms with Crippen molar-refractivity contribution in [1.29, 1.82) is 0 Å². The Labute approximate surface area is 110 Å². The predicted molar refractivity (Wildman–Crippen MR) is 69.6 cm³/mol. The second kappa shape index (κ2) is 5.18. The molecule has 1 aromatic carbocycles. The minimum absolute atomic E-state index is 0.382. The van der Waals surface area contributed by atoms with Gasteiger partial charge in [-0.3, -0.25) is 10.4 Å². The topological polar surface area (TPSA) is 53.6 Å². The number of hydrazine groups is 1. The van der Waals surface area contributed by atoms with Gasteiger partial charge in [0.05, 0.1) is 12.8 Å². The Morgan fingerprint density at radius 2 is 2.33 bits per heavy atom. The Hall–Kier alpha value is -1.88. The first-order valence-electron chi connectivity index (χ1n) is 5.44. The van der Waals surface area contributed by atoms with Crippen LogP contribution in [-0.4, -0.2) is 24.8 Å². The summed E-state index contributed by atoms with van der Waals surface area (Å²) in [6.07, 6.45) is 0. The zero-order chi connectivity index (χ0) is 13.1. The number of ether oxygens (including phenoxy) is 1. The zero-order valence-electron chi connectivity index (χ0n) is 10.2. The van der Waals surface area contributed by atoms with E-state index in [1.54, 1.807) is 17.1 Å². The Morgan fingerprint density at radius 1 is 1.56 bits per heavy atom. The van der Waals surface area contributed by atoms with Crippen LogP contribution in [0, 0.1) is 0 Å². The molecule has 0 unspecified atom stereocenters. The number of methoxy groups -OCH3 is 1. The molecule has 1 aromatic rings. The summed E-state index contributed by atoms with van der Waals surface area (Å²) in [6, 6.07) is 7.28. The quantitative estimate of drug-likeness (QED) is 0.820. The summed E-state index contributed by atoms with van der Waals surface area (Å²) in [6.45, 7) is 2.31. The average molecular weight is 268 g/mol. The molecule has 0 aromatic heterocycles. The maximum Gasteiger partial charge on any atom is 0.358 e. The molecular weight excluding hydrogens is 254 g/mol. The van der Waals surface area contributed by atoms with E-state index in [1.807, 2.05) is 19.1 Å². The molecule has 96 valence electrons. The second-order valence-corrected chi connectivity index (χ2v) is 4.29. The molecule has 0 radical (unpaired) electrons. The van der Waals surface area contributed by atoms with Crippen molar-refractivity contribution in [2.24, 2.45) is 0 Å². The lowest BCUT2D eigenvalue weighted by atomic mass is 10.3. The highest BCUT2D eigenvalue weighted by Crippen LogP contribution is 2.20. The number of carbonyl (C=O) groups excluding carboxylic acids is 1. The molecule has 5 nitrogen and oxygen atoms in total. The average Bonchev–Trinajstić information content (AvgIpc) is 2.70. The number of benzene rings is 1. The highest BCUT2D eigenvalue weighted by Gasteiger charge is 2.26. The number of allylic oxidation sites excluding steroid dienone is 1. The highest BCUT2D eigenvalue weighted by molar-refractivity contribution is 6.30. The maximum atomic E-state index is 11.7. The molecule has 0 bridgehead atoms. The molecule has 1 aliphatic heterocycles. The summed E-state index contributed by atoms with van der Waals surface area (Å²) < 4.78 is 4.75. The van der Waals surface area contributed by atoms with Gasteiger partial charge in [-0.15, -0.1) is 0 Å². The summed E-state index contributed by atoms with van der Waals surface area (Å²) >= 11 is 5.91. The fraction of sp³-hybridized carbons (Fsp3) is 0.250. The number of carbonyl (C=O) groups is 1. The molecule has 0 aliphatic carbocycles. The number of anilines is 1. The molecule has 2 rings (SSSR count). The standard InChI is InChI=1S/C12H14ClN3O2/c1-8-11(12(17)18-2)16(7-14-8)15-10-5-3-4-9(13)6-10/h3-6,14-15H,7H2,1-2H3. The molecule has 6 heteroatoms. The summed E-state index contributed by atoms with van der Waals surface area (Å²) in [4.78, 5) is 11.7. The van der Waals surface area contributed by atoms with Gasteiger partial charge in [-0.25, -0.2) is 4.79 Å². The van der Waals surface area contributed by atoms with Gasteiger partial charge in [-0.05, 0) is 25.1 Å². The normalized spacial score (nSPS) is 14.5. The lowest BCUT2D eigenvalue weighted by molar-refractivity contribution is -0.137. The van der Waals surface area contributed by atoms with E-state index in [2.05, 4.69) is 10.7 Å². The van der Waals surface area contributed by atoms with Gasteiger partial charge in [0, 0.05) is 10.7 Å². The third-order valence-electron chi connectivity index (χ3n) is 2.59. The minimum Gasteiger partial charge on any atom is -0.464 e. The number of rotatable bonds is 3. The Kier molecular flexibility index (Phi) is 3.62. The SMILES string of the molecule is COC(=O)C1=C(C)NCN1Nc1cccc(Cl)c1. The maximum absolute atomic E-state index is 11.7. The molecule has 18 heavy (non-hydrogen) atoms. The fourth-order valence-corrected chi connectivity index (χ4v) is 1.92. The van der Waals surface area contributed by atoms with Crippen LogP contribution in [0.25, 0.3) is 0 Å².